The van der Waals surface area contributed by atoms with Gasteiger partial charge in [-0.2, -0.15) is 0 Å². The summed E-state index contributed by atoms with van der Waals surface area (Å²) >= 11 is 0. The summed E-state index contributed by atoms with van der Waals surface area (Å²) in [6.07, 6.45) is 5.32. The van der Waals surface area contributed by atoms with Gasteiger partial charge >= 0.3 is 0 Å². The Morgan fingerprint density at radius 1 is 1.06 bits per heavy atom. The summed E-state index contributed by atoms with van der Waals surface area (Å²) in [4.78, 5) is 23.5. The third kappa shape index (κ3) is 3.75. The maximum Gasteiger partial charge on any atom is 0.167 e. The summed E-state index contributed by atoms with van der Waals surface area (Å²) in [6, 6.07) is 14.3. The molecule has 0 aliphatic carbocycles. The molecule has 9 heteroatoms. The van der Waals surface area contributed by atoms with Crippen molar-refractivity contribution in [3.05, 3.63) is 66.7 Å². The molecule has 6 rings (SSSR count). The minimum absolute atomic E-state index is 0.395. The molecule has 5 aromatic rings. The van der Waals surface area contributed by atoms with Crippen molar-refractivity contribution >= 4 is 39.3 Å². The Morgan fingerprint density at radius 3 is 2.79 bits per heavy atom. The highest BCUT2D eigenvalue weighted by Gasteiger charge is 2.15. The van der Waals surface area contributed by atoms with Gasteiger partial charge in [0, 0.05) is 48.5 Å². The number of pyridine rings is 2. The number of aromatic nitrogens is 5. The van der Waals surface area contributed by atoms with Gasteiger partial charge in [0.1, 0.15) is 18.0 Å². The van der Waals surface area contributed by atoms with Crippen molar-refractivity contribution in [2.24, 2.45) is 0 Å². The molecule has 0 bridgehead atoms. The van der Waals surface area contributed by atoms with Crippen LogP contribution in [0, 0.1) is 0 Å². The van der Waals surface area contributed by atoms with Crippen LogP contribution in [0.2, 0.25) is 0 Å². The van der Waals surface area contributed by atoms with Crippen LogP contribution in [0.3, 0.4) is 0 Å². The number of nitrogens with two attached hydrogens (primary N) is 1. The number of aromatic amines is 1. The highest BCUT2D eigenvalue weighted by atomic mass is 16.5. The zero-order chi connectivity index (χ0) is 22.9. The van der Waals surface area contributed by atoms with Gasteiger partial charge in [0.15, 0.2) is 5.65 Å². The summed E-state index contributed by atoms with van der Waals surface area (Å²) in [6.45, 7) is 3.76. The Kier molecular flexibility index (Phi) is 5.15. The quantitative estimate of drug-likeness (QED) is 0.370. The monoisotopic (exact) mass is 452 g/mol. The lowest BCUT2D eigenvalue weighted by Crippen LogP contribution is -2.36. The van der Waals surface area contributed by atoms with Crippen molar-refractivity contribution in [1.82, 2.24) is 24.9 Å². The van der Waals surface area contributed by atoms with Crippen LogP contribution >= 0.6 is 0 Å². The van der Waals surface area contributed by atoms with Crippen LogP contribution in [0.5, 0.6) is 0 Å². The molecular weight excluding hydrogens is 428 g/mol. The number of rotatable bonds is 5. The summed E-state index contributed by atoms with van der Waals surface area (Å²) in [5, 5.41) is 5.43. The van der Waals surface area contributed by atoms with Gasteiger partial charge in [-0.05, 0) is 29.8 Å². The number of hydrogen-bond acceptors (Lipinski definition) is 8. The second-order valence-corrected chi connectivity index (χ2v) is 8.23. The Bertz CT molecular complexity index is 1460. The lowest BCUT2D eigenvalue weighted by molar-refractivity contribution is 0.122. The fourth-order valence-electron chi connectivity index (χ4n) is 4.36. The first-order valence-electron chi connectivity index (χ1n) is 11.3. The molecule has 1 aliphatic heterocycles. The van der Waals surface area contributed by atoms with Gasteiger partial charge in [0.25, 0.3) is 0 Å². The highest BCUT2D eigenvalue weighted by molar-refractivity contribution is 5.98. The number of nitrogens with zero attached hydrogens (tertiary/aromatic N) is 5. The fraction of sp³-hybridized carbons (Fsp3) is 0.200. The van der Waals surface area contributed by atoms with E-state index in [0.717, 1.165) is 60.1 Å². The molecule has 0 spiro atoms. The minimum atomic E-state index is 0.395. The molecule has 4 aromatic heterocycles. The van der Waals surface area contributed by atoms with Crippen molar-refractivity contribution in [3.63, 3.8) is 0 Å². The molecule has 1 saturated heterocycles. The molecule has 9 nitrogen and oxygen atoms in total. The van der Waals surface area contributed by atoms with Crippen LogP contribution in [-0.2, 0) is 11.3 Å². The molecule has 0 radical (unpaired) electrons. The third-order valence-corrected chi connectivity index (χ3v) is 6.16. The number of nitrogen functional groups attached to an aromatic ring is 1. The Labute approximate surface area is 196 Å². The average Bonchev–Trinajstić information content (AvgIpc) is 3.31. The summed E-state index contributed by atoms with van der Waals surface area (Å²) < 4.78 is 5.44. The van der Waals surface area contributed by atoms with Gasteiger partial charge in [0.2, 0.25) is 0 Å². The van der Waals surface area contributed by atoms with Crippen LogP contribution in [-0.4, -0.2) is 51.2 Å². The van der Waals surface area contributed by atoms with E-state index < -0.39 is 0 Å². The van der Waals surface area contributed by atoms with Crippen molar-refractivity contribution in [3.8, 4) is 11.3 Å². The zero-order valence-corrected chi connectivity index (χ0v) is 18.5. The first-order chi connectivity index (χ1) is 16.8. The topological polar surface area (TPSA) is 118 Å². The van der Waals surface area contributed by atoms with Crippen molar-refractivity contribution in [2.75, 3.05) is 42.3 Å². The van der Waals surface area contributed by atoms with Gasteiger partial charge < -0.3 is 25.7 Å². The van der Waals surface area contributed by atoms with E-state index in [0.29, 0.717) is 23.4 Å². The van der Waals surface area contributed by atoms with E-state index in [2.05, 4.69) is 42.3 Å². The predicted octanol–water partition coefficient (Wildman–Crippen LogP) is 3.60. The van der Waals surface area contributed by atoms with E-state index in [1.807, 2.05) is 42.7 Å². The zero-order valence-electron chi connectivity index (χ0n) is 18.5. The minimum Gasteiger partial charge on any atom is -0.383 e. The Hall–Kier alpha value is -4.24. The van der Waals surface area contributed by atoms with E-state index in [1.54, 1.807) is 0 Å². The second kappa shape index (κ2) is 8.60. The number of ether oxygens (including phenoxy) is 1. The second-order valence-electron chi connectivity index (χ2n) is 8.23. The number of benzene rings is 1. The van der Waals surface area contributed by atoms with Crippen molar-refractivity contribution in [2.45, 2.75) is 6.54 Å². The first kappa shape index (κ1) is 20.4. The van der Waals surface area contributed by atoms with Gasteiger partial charge in [0.05, 0.1) is 30.0 Å². The smallest absolute Gasteiger partial charge is 0.167 e. The largest absolute Gasteiger partial charge is 0.383 e. The number of fused-ring (bicyclic) bond motifs is 2. The molecule has 170 valence electrons. The molecule has 0 atom stereocenters. The standard InChI is InChI=1S/C25H24N8O/c26-24-23-21(28-14-17-13-27-19-4-2-1-3-18(17)19)11-20(32-25(23)31-15-30-24)16-5-6-22(29-12-16)33-7-9-34-10-8-33/h1-6,11-13,15,27H,7-10,14H2,(H3,26,28,30,31,32). The van der Waals surface area contributed by atoms with Gasteiger partial charge in [-0.15, -0.1) is 0 Å². The van der Waals surface area contributed by atoms with Crippen LogP contribution in [0.15, 0.2) is 61.2 Å². The molecule has 4 N–H and O–H groups in total. The molecule has 34 heavy (non-hydrogen) atoms. The lowest BCUT2D eigenvalue weighted by atomic mass is 10.1. The molecule has 1 aromatic carbocycles. The number of H-pyrrole nitrogens is 1. The molecule has 0 saturated carbocycles. The number of hydrogen-bond donors (Lipinski definition) is 3. The predicted molar refractivity (Wildman–Crippen MR) is 134 cm³/mol. The van der Waals surface area contributed by atoms with E-state index in [-0.39, 0.29) is 0 Å². The number of morpholine rings is 1. The molecule has 5 heterocycles. The maximum atomic E-state index is 6.22. The summed E-state index contributed by atoms with van der Waals surface area (Å²) in [5.74, 6) is 1.34. The summed E-state index contributed by atoms with van der Waals surface area (Å²) in [5.41, 5.74) is 11.5. The van der Waals surface area contributed by atoms with Gasteiger partial charge in [-0.1, -0.05) is 18.2 Å². The first-order valence-corrected chi connectivity index (χ1v) is 11.3. The van der Waals surface area contributed by atoms with Gasteiger partial charge in [-0.3, -0.25) is 0 Å². The third-order valence-electron chi connectivity index (χ3n) is 6.16. The molecule has 0 unspecified atom stereocenters. The van der Waals surface area contributed by atoms with Crippen LogP contribution in [0.4, 0.5) is 17.3 Å². The molecule has 0 amide bonds. The van der Waals surface area contributed by atoms with Gasteiger partial charge in [-0.25, -0.2) is 19.9 Å². The van der Waals surface area contributed by atoms with E-state index in [9.17, 15) is 0 Å². The summed E-state index contributed by atoms with van der Waals surface area (Å²) in [7, 11) is 0. The van der Waals surface area contributed by atoms with E-state index in [1.165, 1.54) is 11.7 Å². The number of para-hydroxylation sites is 1. The number of anilines is 3. The highest BCUT2D eigenvalue weighted by Crippen LogP contribution is 2.31. The van der Waals surface area contributed by atoms with E-state index >= 15 is 0 Å². The van der Waals surface area contributed by atoms with Crippen LogP contribution in [0.25, 0.3) is 33.2 Å². The van der Waals surface area contributed by atoms with Crippen molar-refractivity contribution in [1.29, 1.82) is 0 Å². The molecule has 1 fully saturated rings. The van der Waals surface area contributed by atoms with E-state index in [4.69, 9.17) is 15.5 Å². The normalized spacial score (nSPS) is 14.1. The molecule has 1 aliphatic rings. The lowest BCUT2D eigenvalue weighted by Gasteiger charge is -2.27. The SMILES string of the molecule is Nc1ncnc2nc(-c3ccc(N4CCOCC4)nc3)cc(NCc3c[nH]c4ccccc34)c12. The average molecular weight is 453 g/mol. The maximum absolute atomic E-state index is 6.22. The van der Waals surface area contributed by atoms with Crippen molar-refractivity contribution < 1.29 is 4.74 Å². The fourth-order valence-corrected chi connectivity index (χ4v) is 4.36. The Balaban J connectivity index is 1.34. The Morgan fingerprint density at radius 2 is 1.94 bits per heavy atom. The number of nitrogens with one attached hydrogen (secondary N) is 2. The van der Waals surface area contributed by atoms with Crippen LogP contribution < -0.4 is 16.0 Å². The van der Waals surface area contributed by atoms with Crippen LogP contribution in [0.1, 0.15) is 5.56 Å². The molecular formula is C25H24N8O.